The Morgan fingerprint density at radius 3 is 2.81 bits per heavy atom. The Kier molecular flexibility index (Phi) is 6.10. The van der Waals surface area contributed by atoms with Gasteiger partial charge in [-0.15, -0.1) is 10.2 Å². The molecule has 1 aromatic heterocycles. The van der Waals surface area contributed by atoms with Crippen molar-refractivity contribution in [3.63, 3.8) is 0 Å². The van der Waals surface area contributed by atoms with Gasteiger partial charge in [0.05, 0.1) is 12.0 Å². The molecule has 0 fully saturated rings. The van der Waals surface area contributed by atoms with Gasteiger partial charge in [0.25, 0.3) is 5.91 Å². The van der Waals surface area contributed by atoms with Crippen LogP contribution in [0.3, 0.4) is 0 Å². The van der Waals surface area contributed by atoms with E-state index in [2.05, 4.69) is 20.7 Å². The standard InChI is InChI=1S/C18H16ClN5O2S/c1-24-17(13-5-7-14(19)8-6-13)22-23-18(24)27-11-16(26)21-20-10-12-3-2-4-15(25)9-12/h2-10,25H,11H2,1H3,(H,21,26)/b20-10-. The molecule has 0 unspecified atom stereocenters. The van der Waals surface area contributed by atoms with E-state index in [1.165, 1.54) is 18.0 Å². The van der Waals surface area contributed by atoms with Gasteiger partial charge >= 0.3 is 0 Å². The Bertz CT molecular complexity index is 972. The van der Waals surface area contributed by atoms with Crippen molar-refractivity contribution in [1.29, 1.82) is 0 Å². The van der Waals surface area contributed by atoms with Crippen LogP contribution < -0.4 is 5.43 Å². The number of rotatable bonds is 6. The van der Waals surface area contributed by atoms with Gasteiger partial charge in [-0.2, -0.15) is 5.10 Å². The van der Waals surface area contributed by atoms with E-state index in [4.69, 9.17) is 11.6 Å². The largest absolute Gasteiger partial charge is 0.508 e. The number of halogens is 1. The molecule has 0 saturated carbocycles. The highest BCUT2D eigenvalue weighted by Crippen LogP contribution is 2.23. The number of thioether (sulfide) groups is 1. The monoisotopic (exact) mass is 401 g/mol. The second-order valence-corrected chi connectivity index (χ2v) is 6.93. The minimum atomic E-state index is -0.271. The summed E-state index contributed by atoms with van der Waals surface area (Å²) in [5, 5.41) is 22.8. The second-order valence-electron chi connectivity index (χ2n) is 5.55. The van der Waals surface area contributed by atoms with E-state index >= 15 is 0 Å². The van der Waals surface area contributed by atoms with E-state index in [-0.39, 0.29) is 17.4 Å². The summed E-state index contributed by atoms with van der Waals surface area (Å²) in [6.07, 6.45) is 1.46. The Morgan fingerprint density at radius 1 is 1.30 bits per heavy atom. The SMILES string of the molecule is Cn1c(SCC(=O)N/N=C\c2cccc(O)c2)nnc1-c1ccc(Cl)cc1. The molecule has 0 aliphatic rings. The number of nitrogens with zero attached hydrogens (tertiary/aromatic N) is 4. The summed E-state index contributed by atoms with van der Waals surface area (Å²) in [5.41, 5.74) is 4.02. The fraction of sp³-hybridized carbons (Fsp3) is 0.111. The number of amides is 1. The molecule has 7 nitrogen and oxygen atoms in total. The van der Waals surface area contributed by atoms with Crippen molar-refractivity contribution in [1.82, 2.24) is 20.2 Å². The lowest BCUT2D eigenvalue weighted by atomic mass is 10.2. The van der Waals surface area contributed by atoms with Crippen molar-refractivity contribution < 1.29 is 9.90 Å². The van der Waals surface area contributed by atoms with Crippen LogP contribution in [0.4, 0.5) is 0 Å². The van der Waals surface area contributed by atoms with Crippen molar-refractivity contribution in [2.75, 3.05) is 5.75 Å². The smallest absolute Gasteiger partial charge is 0.250 e. The first-order chi connectivity index (χ1) is 13.0. The topological polar surface area (TPSA) is 92.4 Å². The van der Waals surface area contributed by atoms with Gasteiger partial charge in [0, 0.05) is 17.6 Å². The van der Waals surface area contributed by atoms with Crippen LogP contribution in [-0.2, 0) is 11.8 Å². The summed E-state index contributed by atoms with van der Waals surface area (Å²) in [6, 6.07) is 13.9. The predicted octanol–water partition coefficient (Wildman–Crippen LogP) is 3.08. The molecule has 0 aliphatic carbocycles. The van der Waals surface area contributed by atoms with E-state index in [0.29, 0.717) is 21.6 Å². The van der Waals surface area contributed by atoms with Gasteiger partial charge in [0.2, 0.25) is 0 Å². The molecule has 2 N–H and O–H groups in total. The number of hydrogen-bond acceptors (Lipinski definition) is 6. The van der Waals surface area contributed by atoms with Gasteiger partial charge in [-0.1, -0.05) is 35.5 Å². The van der Waals surface area contributed by atoms with Gasteiger partial charge in [0.1, 0.15) is 5.75 Å². The number of aromatic nitrogens is 3. The molecule has 1 amide bonds. The first kappa shape index (κ1) is 18.9. The van der Waals surface area contributed by atoms with E-state index in [1.807, 2.05) is 23.7 Å². The molecule has 3 aromatic rings. The van der Waals surface area contributed by atoms with Crippen LogP contribution >= 0.6 is 23.4 Å². The van der Waals surface area contributed by atoms with Crippen LogP contribution in [0, 0.1) is 0 Å². The van der Waals surface area contributed by atoms with E-state index in [0.717, 1.165) is 5.56 Å². The molecular weight excluding hydrogens is 386 g/mol. The van der Waals surface area contributed by atoms with E-state index in [9.17, 15) is 9.90 Å². The number of phenolic OH excluding ortho intramolecular Hbond substituents is 1. The summed E-state index contributed by atoms with van der Waals surface area (Å²) in [4.78, 5) is 11.9. The lowest BCUT2D eigenvalue weighted by molar-refractivity contribution is -0.118. The van der Waals surface area contributed by atoms with Crippen LogP contribution in [0.1, 0.15) is 5.56 Å². The van der Waals surface area contributed by atoms with Gasteiger partial charge in [-0.25, -0.2) is 5.43 Å². The molecule has 0 spiro atoms. The van der Waals surface area contributed by atoms with Crippen molar-refractivity contribution >= 4 is 35.5 Å². The highest BCUT2D eigenvalue weighted by molar-refractivity contribution is 7.99. The fourth-order valence-electron chi connectivity index (χ4n) is 2.24. The number of nitrogens with one attached hydrogen (secondary N) is 1. The molecule has 0 saturated heterocycles. The maximum Gasteiger partial charge on any atom is 0.250 e. The third-order valence-corrected chi connectivity index (χ3v) is 4.81. The summed E-state index contributed by atoms with van der Waals surface area (Å²) in [6.45, 7) is 0. The number of carbonyl (C=O) groups excluding carboxylic acids is 1. The zero-order chi connectivity index (χ0) is 19.2. The highest BCUT2D eigenvalue weighted by Gasteiger charge is 2.12. The molecule has 2 aromatic carbocycles. The van der Waals surface area contributed by atoms with Gasteiger partial charge in [-0.05, 0) is 42.0 Å². The number of hydrogen-bond donors (Lipinski definition) is 2. The zero-order valence-corrected chi connectivity index (χ0v) is 15.9. The maximum atomic E-state index is 11.9. The molecule has 27 heavy (non-hydrogen) atoms. The van der Waals surface area contributed by atoms with Gasteiger partial charge in [-0.3, -0.25) is 4.79 Å². The Balaban J connectivity index is 1.55. The third kappa shape index (κ3) is 5.08. The van der Waals surface area contributed by atoms with Crippen LogP contribution in [0.15, 0.2) is 58.8 Å². The molecule has 0 atom stereocenters. The minimum Gasteiger partial charge on any atom is -0.508 e. The Morgan fingerprint density at radius 2 is 2.07 bits per heavy atom. The number of aromatic hydroxyl groups is 1. The summed E-state index contributed by atoms with van der Waals surface area (Å²) < 4.78 is 1.82. The van der Waals surface area contributed by atoms with Crippen molar-refractivity contribution in [2.24, 2.45) is 12.1 Å². The normalized spacial score (nSPS) is 11.0. The molecule has 9 heteroatoms. The first-order valence-corrected chi connectivity index (χ1v) is 9.28. The maximum absolute atomic E-state index is 11.9. The van der Waals surface area contributed by atoms with Gasteiger partial charge < -0.3 is 9.67 Å². The summed E-state index contributed by atoms with van der Waals surface area (Å²) in [5.74, 6) is 0.702. The number of hydrazone groups is 1. The number of phenols is 1. The van der Waals surface area contributed by atoms with Crippen molar-refractivity contribution in [3.8, 4) is 17.1 Å². The average Bonchev–Trinajstić information content (AvgIpc) is 3.01. The molecule has 138 valence electrons. The molecule has 0 radical (unpaired) electrons. The lowest BCUT2D eigenvalue weighted by Crippen LogP contribution is -2.19. The number of benzene rings is 2. The molecular formula is C18H16ClN5O2S. The van der Waals surface area contributed by atoms with Crippen LogP contribution in [0.2, 0.25) is 5.02 Å². The molecule has 3 rings (SSSR count). The molecule has 0 aliphatic heterocycles. The third-order valence-electron chi connectivity index (χ3n) is 3.54. The van der Waals surface area contributed by atoms with Crippen molar-refractivity contribution in [3.05, 3.63) is 59.1 Å². The second kappa shape index (κ2) is 8.70. The van der Waals surface area contributed by atoms with Gasteiger partial charge in [0.15, 0.2) is 11.0 Å². The molecule has 0 bridgehead atoms. The van der Waals surface area contributed by atoms with Crippen LogP contribution in [0.5, 0.6) is 5.75 Å². The number of carbonyl (C=O) groups is 1. The summed E-state index contributed by atoms with van der Waals surface area (Å²) >= 11 is 7.16. The molecule has 1 heterocycles. The highest BCUT2D eigenvalue weighted by atomic mass is 35.5. The van der Waals surface area contributed by atoms with Crippen LogP contribution in [0.25, 0.3) is 11.4 Å². The van der Waals surface area contributed by atoms with Crippen molar-refractivity contribution in [2.45, 2.75) is 5.16 Å². The summed E-state index contributed by atoms with van der Waals surface area (Å²) in [7, 11) is 1.84. The first-order valence-electron chi connectivity index (χ1n) is 7.92. The minimum absolute atomic E-state index is 0.139. The lowest BCUT2D eigenvalue weighted by Gasteiger charge is -2.04. The average molecular weight is 402 g/mol. The van der Waals surface area contributed by atoms with E-state index < -0.39 is 0 Å². The Hall–Kier alpha value is -2.84. The van der Waals surface area contributed by atoms with Crippen LogP contribution in [-0.4, -0.2) is 37.7 Å². The Labute approximate surface area is 165 Å². The zero-order valence-electron chi connectivity index (χ0n) is 14.3. The quantitative estimate of drug-likeness (QED) is 0.376. The van der Waals surface area contributed by atoms with E-state index in [1.54, 1.807) is 36.4 Å². The fourth-order valence-corrected chi connectivity index (χ4v) is 3.07. The predicted molar refractivity (Wildman–Crippen MR) is 106 cm³/mol.